The molecule has 3 aliphatic rings. The minimum atomic E-state index is -1.35. The second-order valence-corrected chi connectivity index (χ2v) is 13.8. The molecule has 13 nitrogen and oxygen atoms in total. The van der Waals surface area contributed by atoms with Gasteiger partial charge in [-0.25, -0.2) is 14.2 Å². The van der Waals surface area contributed by atoms with Crippen LogP contribution >= 0.6 is 23.8 Å². The van der Waals surface area contributed by atoms with E-state index in [0.29, 0.717) is 55.2 Å². The number of nitrogens with two attached hydrogens (primary N) is 1. The summed E-state index contributed by atoms with van der Waals surface area (Å²) in [6.45, 7) is 4.53. The molecule has 2 aromatic carbocycles. The van der Waals surface area contributed by atoms with Crippen molar-refractivity contribution in [2.75, 3.05) is 31.6 Å². The molecule has 0 bridgehead atoms. The van der Waals surface area contributed by atoms with Gasteiger partial charge in [0.1, 0.15) is 17.0 Å². The van der Waals surface area contributed by atoms with E-state index in [0.717, 1.165) is 30.2 Å². The molecule has 2 aliphatic carbocycles. The number of hydrogen-bond acceptors (Lipinski definition) is 9. The molecule has 3 N–H and O–H groups in total. The van der Waals surface area contributed by atoms with Crippen molar-refractivity contribution in [3.63, 3.8) is 0 Å². The van der Waals surface area contributed by atoms with E-state index in [9.17, 15) is 19.5 Å². The van der Waals surface area contributed by atoms with Crippen LogP contribution in [0.15, 0.2) is 46.4 Å². The van der Waals surface area contributed by atoms with Gasteiger partial charge in [0.2, 0.25) is 5.43 Å². The highest BCUT2D eigenvalue weighted by Gasteiger charge is 2.37. The number of aromatic nitrogens is 4. The highest BCUT2D eigenvalue weighted by atomic mass is 35.5. The van der Waals surface area contributed by atoms with Crippen LogP contribution < -0.4 is 20.8 Å². The molecule has 0 amide bonds. The Morgan fingerprint density at radius 1 is 1.22 bits per heavy atom. The van der Waals surface area contributed by atoms with Gasteiger partial charge < -0.3 is 25.0 Å². The van der Waals surface area contributed by atoms with Crippen LogP contribution in [0.2, 0.25) is 5.02 Å². The van der Waals surface area contributed by atoms with Crippen LogP contribution in [0.3, 0.4) is 0 Å². The van der Waals surface area contributed by atoms with Gasteiger partial charge >= 0.3 is 5.97 Å². The Morgan fingerprint density at radius 3 is 2.68 bits per heavy atom. The van der Waals surface area contributed by atoms with E-state index in [4.69, 9.17) is 34.3 Å². The van der Waals surface area contributed by atoms with Crippen molar-refractivity contribution in [3.8, 4) is 5.75 Å². The van der Waals surface area contributed by atoms with E-state index in [1.54, 1.807) is 21.4 Å². The summed E-state index contributed by atoms with van der Waals surface area (Å²) in [6, 6.07) is 6.42. The van der Waals surface area contributed by atoms with Crippen LogP contribution in [0.25, 0.3) is 10.9 Å². The van der Waals surface area contributed by atoms with Crippen molar-refractivity contribution in [3.05, 3.63) is 80.1 Å². The molecule has 1 saturated carbocycles. The van der Waals surface area contributed by atoms with Crippen molar-refractivity contribution < 1.29 is 23.8 Å². The molecule has 2 aromatic heterocycles. The number of nitrogens with zero attached hydrogens (tertiary/aromatic N) is 7. The van der Waals surface area contributed by atoms with Crippen molar-refractivity contribution >= 4 is 63.0 Å². The number of hydrogen-bond donors (Lipinski definition) is 2. The molecule has 0 radical (unpaired) electrons. The second kappa shape index (κ2) is 13.2. The normalized spacial score (nSPS) is 20.1. The lowest BCUT2D eigenvalue weighted by molar-refractivity contribution is -0.114. The summed E-state index contributed by atoms with van der Waals surface area (Å²) in [5.41, 5.74) is 7.58. The first-order chi connectivity index (χ1) is 23.9. The molecule has 4 aromatic rings. The first kappa shape index (κ1) is 33.8. The van der Waals surface area contributed by atoms with Gasteiger partial charge in [-0.3, -0.25) is 19.2 Å². The Morgan fingerprint density at radius 2 is 2.00 bits per heavy atom. The number of carboxylic acid groups (broad SMARTS) is 1. The first-order valence-corrected chi connectivity index (χ1v) is 17.0. The molecule has 1 saturated heterocycles. The lowest BCUT2D eigenvalue weighted by Gasteiger charge is -2.41. The summed E-state index contributed by atoms with van der Waals surface area (Å²) in [6.07, 6.45) is 5.34. The van der Waals surface area contributed by atoms with Gasteiger partial charge in [-0.1, -0.05) is 22.9 Å². The van der Waals surface area contributed by atoms with Crippen molar-refractivity contribution in [2.45, 2.75) is 57.3 Å². The van der Waals surface area contributed by atoms with Gasteiger partial charge in [0, 0.05) is 67.8 Å². The SMILES string of the molecule is COc1c(N2CCN(Cc3cn(CCC4C(=O)C(=NC(N)=S)c5cc(Cl)ccc54)nn3)C(C)C2)c(F)cc2c(=O)c(C(=O)O)cn(C3CC3)c12. The summed E-state index contributed by atoms with van der Waals surface area (Å²) >= 11 is 11.1. The number of benzene rings is 2. The fraction of sp³-hybridized carbons (Fsp3) is 0.382. The van der Waals surface area contributed by atoms with Gasteiger partial charge in [0.05, 0.1) is 29.6 Å². The zero-order valence-corrected chi connectivity index (χ0v) is 28.9. The molecule has 16 heteroatoms. The highest BCUT2D eigenvalue weighted by Crippen LogP contribution is 2.44. The second-order valence-electron chi connectivity index (χ2n) is 12.9. The number of pyridine rings is 1. The summed E-state index contributed by atoms with van der Waals surface area (Å²) in [5, 5.41) is 18.7. The summed E-state index contributed by atoms with van der Waals surface area (Å²) in [5.74, 6) is -2.38. The Kier molecular flexibility index (Phi) is 8.90. The summed E-state index contributed by atoms with van der Waals surface area (Å²) in [7, 11) is 1.44. The third-order valence-corrected chi connectivity index (χ3v) is 10.00. The van der Waals surface area contributed by atoms with E-state index in [1.165, 1.54) is 13.3 Å². The zero-order chi connectivity index (χ0) is 35.4. The summed E-state index contributed by atoms with van der Waals surface area (Å²) in [4.78, 5) is 46.4. The number of ketones is 1. The average Bonchev–Trinajstić information content (AvgIpc) is 3.77. The average molecular weight is 721 g/mol. The molecule has 0 spiro atoms. The number of aromatic carboxylic acids is 1. The topological polar surface area (TPSA) is 161 Å². The van der Waals surface area contributed by atoms with Gasteiger partial charge in [0.25, 0.3) is 0 Å². The number of carbonyl (C=O) groups excluding carboxylic acids is 1. The molecular formula is C34H34ClFN8O5S. The number of ether oxygens (including phenoxy) is 1. The third kappa shape index (κ3) is 6.13. The number of Topliss-reactive ketones (excluding diaryl/α,β-unsaturated/α-hetero) is 1. The molecule has 260 valence electrons. The Labute approximate surface area is 296 Å². The largest absolute Gasteiger partial charge is 0.492 e. The van der Waals surface area contributed by atoms with Crippen molar-refractivity contribution in [1.29, 1.82) is 0 Å². The number of rotatable bonds is 9. The molecule has 2 unspecified atom stereocenters. The molecular weight excluding hydrogens is 687 g/mol. The number of fused-ring (bicyclic) bond motifs is 2. The highest BCUT2D eigenvalue weighted by molar-refractivity contribution is 7.80. The number of carboxylic acids is 1. The standard InChI is InChI=1S/C34H34ClFN8O5S/c1-17-13-42(29-26(36)12-24-28(32(29)49-2)44(20-4-5-20)16-25(30(24)45)33(47)48)10-9-41(17)14-19-15-43(40-39-19)8-7-22-21-6-3-18(35)11-23(21)27(31(22)46)38-34(37)50/h3,6,11-12,15-17,20,22H,4-5,7-10,13-14H2,1-2H3,(H2,37,50)(H,47,48). The lowest BCUT2D eigenvalue weighted by atomic mass is 9.97. The van der Waals surface area contributed by atoms with Crippen LogP contribution in [-0.4, -0.2) is 84.9 Å². The van der Waals surface area contributed by atoms with Crippen LogP contribution in [0.4, 0.5) is 10.1 Å². The number of aliphatic imine (C=N–C) groups is 1. The van der Waals surface area contributed by atoms with Crippen LogP contribution in [0.5, 0.6) is 5.75 Å². The predicted molar refractivity (Wildman–Crippen MR) is 189 cm³/mol. The Bertz CT molecular complexity index is 2170. The molecule has 50 heavy (non-hydrogen) atoms. The molecule has 2 atom stereocenters. The maximum atomic E-state index is 15.9. The van der Waals surface area contributed by atoms with Crippen molar-refractivity contribution in [2.24, 2.45) is 10.7 Å². The fourth-order valence-electron chi connectivity index (χ4n) is 7.14. The van der Waals surface area contributed by atoms with Crippen LogP contribution in [0.1, 0.15) is 65.3 Å². The predicted octanol–water partition coefficient (Wildman–Crippen LogP) is 3.93. The number of piperazine rings is 1. The maximum Gasteiger partial charge on any atom is 0.341 e. The smallest absolute Gasteiger partial charge is 0.341 e. The Hall–Kier alpha value is -4.73. The fourth-order valence-corrected chi connectivity index (χ4v) is 7.40. The van der Waals surface area contributed by atoms with E-state index < -0.39 is 28.7 Å². The third-order valence-electron chi connectivity index (χ3n) is 9.67. The molecule has 1 aliphatic heterocycles. The maximum absolute atomic E-state index is 15.9. The number of halogens is 2. The van der Waals surface area contributed by atoms with Crippen molar-refractivity contribution in [1.82, 2.24) is 24.5 Å². The first-order valence-electron chi connectivity index (χ1n) is 16.2. The molecule has 3 heterocycles. The number of thiocarbonyl (C=S) groups is 1. The van der Waals surface area contributed by atoms with E-state index in [-0.39, 0.29) is 45.5 Å². The minimum absolute atomic E-state index is 0.0104. The summed E-state index contributed by atoms with van der Waals surface area (Å²) < 4.78 is 25.1. The van der Waals surface area contributed by atoms with Crippen LogP contribution in [-0.2, 0) is 17.9 Å². The monoisotopic (exact) mass is 720 g/mol. The van der Waals surface area contributed by atoms with E-state index in [1.807, 2.05) is 24.1 Å². The van der Waals surface area contributed by atoms with E-state index in [2.05, 4.69) is 20.2 Å². The van der Waals surface area contributed by atoms with Gasteiger partial charge in [-0.2, -0.15) is 0 Å². The number of methoxy groups -OCH3 is 1. The van der Waals surface area contributed by atoms with Crippen LogP contribution in [0, 0.1) is 5.82 Å². The molecule has 7 rings (SSSR count). The van der Waals surface area contributed by atoms with Gasteiger partial charge in [-0.05, 0) is 62.2 Å². The van der Waals surface area contributed by atoms with Gasteiger partial charge in [-0.15, -0.1) is 5.10 Å². The number of aryl methyl sites for hydroxylation is 1. The minimum Gasteiger partial charge on any atom is -0.492 e. The Balaban J connectivity index is 1.05. The van der Waals surface area contributed by atoms with E-state index >= 15 is 4.39 Å². The lowest BCUT2D eigenvalue weighted by Crippen LogP contribution is -2.51. The number of carbonyl (C=O) groups is 2. The zero-order valence-electron chi connectivity index (χ0n) is 27.3. The number of anilines is 1. The molecule has 2 fully saturated rings. The quantitative estimate of drug-likeness (QED) is 0.241. The van der Waals surface area contributed by atoms with Gasteiger partial charge in [0.15, 0.2) is 22.5 Å².